The zero-order chi connectivity index (χ0) is 22.2. The largest absolute Gasteiger partial charge is 0.274 e. The summed E-state index contributed by atoms with van der Waals surface area (Å²) in [5.41, 5.74) is 1.48. The Hall–Kier alpha value is -2.22. The van der Waals surface area contributed by atoms with E-state index in [9.17, 15) is 18.0 Å². The van der Waals surface area contributed by atoms with E-state index < -0.39 is 22.0 Å². The van der Waals surface area contributed by atoms with Crippen LogP contribution in [0.25, 0.3) is 0 Å². The molecule has 1 aliphatic carbocycles. The Bertz CT molecular complexity index is 1080. The third kappa shape index (κ3) is 4.27. The van der Waals surface area contributed by atoms with E-state index in [1.54, 1.807) is 12.1 Å². The van der Waals surface area contributed by atoms with Crippen molar-refractivity contribution in [3.63, 3.8) is 0 Å². The highest BCUT2D eigenvalue weighted by molar-refractivity contribution is 7.89. The minimum atomic E-state index is -3.99. The number of amides is 2. The van der Waals surface area contributed by atoms with Crippen LogP contribution < -0.4 is 4.90 Å². The molecule has 2 aliphatic rings. The van der Waals surface area contributed by atoms with E-state index in [1.165, 1.54) is 28.6 Å². The number of imide groups is 1. The first kappa shape index (κ1) is 22.0. The van der Waals surface area contributed by atoms with Gasteiger partial charge in [-0.05, 0) is 56.2 Å². The number of hydrogen-bond donors (Lipinski definition) is 0. The highest BCUT2D eigenvalue weighted by Gasteiger charge is 2.49. The van der Waals surface area contributed by atoms with Crippen molar-refractivity contribution < 1.29 is 18.0 Å². The molecule has 6 nitrogen and oxygen atoms in total. The van der Waals surface area contributed by atoms with Crippen molar-refractivity contribution >= 4 is 39.1 Å². The van der Waals surface area contributed by atoms with Gasteiger partial charge in [-0.15, -0.1) is 0 Å². The second-order valence-corrected chi connectivity index (χ2v) is 10.5. The minimum absolute atomic E-state index is 0.0801. The van der Waals surface area contributed by atoms with E-state index >= 15 is 0 Å². The molecule has 1 aliphatic heterocycles. The number of halogens is 1. The Balaban J connectivity index is 1.73. The fourth-order valence-electron chi connectivity index (χ4n) is 4.46. The Morgan fingerprint density at radius 3 is 2.16 bits per heavy atom. The van der Waals surface area contributed by atoms with E-state index in [-0.39, 0.29) is 23.3 Å². The van der Waals surface area contributed by atoms with Crippen LogP contribution in [0.1, 0.15) is 44.1 Å². The quantitative estimate of drug-likeness (QED) is 0.623. The summed E-state index contributed by atoms with van der Waals surface area (Å²) < 4.78 is 28.7. The SMILES string of the molecule is Cc1ccc(N2C(=O)CC(N(C3CCCCC3)S(=O)(=O)c3ccc(Cl)cc3)C2=O)cc1. The molecule has 1 heterocycles. The van der Waals surface area contributed by atoms with E-state index in [1.807, 2.05) is 19.1 Å². The predicted molar refractivity (Wildman–Crippen MR) is 119 cm³/mol. The molecule has 0 spiro atoms. The first-order chi connectivity index (χ1) is 14.8. The van der Waals surface area contributed by atoms with Crippen LogP contribution in [-0.2, 0) is 19.6 Å². The Kier molecular flexibility index (Phi) is 6.19. The second kappa shape index (κ2) is 8.73. The molecule has 2 aromatic carbocycles. The summed E-state index contributed by atoms with van der Waals surface area (Å²) in [4.78, 5) is 27.4. The summed E-state index contributed by atoms with van der Waals surface area (Å²) in [6.07, 6.45) is 4.03. The summed E-state index contributed by atoms with van der Waals surface area (Å²) in [7, 11) is -3.99. The van der Waals surface area contributed by atoms with E-state index in [0.29, 0.717) is 23.6 Å². The van der Waals surface area contributed by atoms with Crippen molar-refractivity contribution in [2.75, 3.05) is 4.90 Å². The Morgan fingerprint density at radius 2 is 1.55 bits per heavy atom. The number of carbonyl (C=O) groups is 2. The number of carbonyl (C=O) groups excluding carboxylic acids is 2. The molecule has 0 N–H and O–H groups in total. The lowest BCUT2D eigenvalue weighted by atomic mass is 9.94. The van der Waals surface area contributed by atoms with Gasteiger partial charge < -0.3 is 0 Å². The average molecular weight is 461 g/mol. The molecule has 0 aromatic heterocycles. The van der Waals surface area contributed by atoms with Crippen LogP contribution in [0, 0.1) is 6.92 Å². The number of nitrogens with zero attached hydrogens (tertiary/aromatic N) is 2. The molecule has 1 atom stereocenters. The van der Waals surface area contributed by atoms with Crippen molar-refractivity contribution in [3.8, 4) is 0 Å². The van der Waals surface area contributed by atoms with Gasteiger partial charge in [0.05, 0.1) is 17.0 Å². The van der Waals surface area contributed by atoms with Gasteiger partial charge in [-0.1, -0.05) is 48.6 Å². The summed E-state index contributed by atoms with van der Waals surface area (Å²) in [6, 6.07) is 11.7. The molecule has 164 valence electrons. The summed E-state index contributed by atoms with van der Waals surface area (Å²) in [6.45, 7) is 1.92. The van der Waals surface area contributed by atoms with Crippen LogP contribution in [0.5, 0.6) is 0 Å². The molecule has 1 saturated carbocycles. The predicted octanol–water partition coefficient (Wildman–Crippen LogP) is 4.30. The molecular weight excluding hydrogens is 436 g/mol. The van der Waals surface area contributed by atoms with Crippen LogP contribution in [0.15, 0.2) is 53.4 Å². The standard InChI is InChI=1S/C23H25ClN2O4S/c1-16-7-11-18(12-8-16)25-22(27)15-21(23(25)28)26(19-5-3-2-4-6-19)31(29,30)20-13-9-17(24)10-14-20/h7-14,19,21H,2-6,15H2,1H3. The van der Waals surface area contributed by atoms with Gasteiger partial charge in [-0.3, -0.25) is 9.59 Å². The molecule has 31 heavy (non-hydrogen) atoms. The lowest BCUT2D eigenvalue weighted by Gasteiger charge is -2.36. The molecule has 2 fully saturated rings. The highest BCUT2D eigenvalue weighted by Crippen LogP contribution is 2.35. The molecule has 8 heteroatoms. The number of aryl methyl sites for hydroxylation is 1. The normalized spacial score (nSPS) is 20.6. The van der Waals surface area contributed by atoms with Crippen LogP contribution in [0.3, 0.4) is 0 Å². The van der Waals surface area contributed by atoms with Gasteiger partial charge in [0.15, 0.2) is 0 Å². The fourth-order valence-corrected chi connectivity index (χ4v) is 6.41. The fraction of sp³-hybridized carbons (Fsp3) is 0.391. The van der Waals surface area contributed by atoms with Crippen LogP contribution >= 0.6 is 11.6 Å². The van der Waals surface area contributed by atoms with Gasteiger partial charge in [-0.25, -0.2) is 13.3 Å². The van der Waals surface area contributed by atoms with Crippen LogP contribution in [0.2, 0.25) is 5.02 Å². The maximum absolute atomic E-state index is 13.7. The smallest absolute Gasteiger partial charge is 0.252 e. The van der Waals surface area contributed by atoms with Gasteiger partial charge in [-0.2, -0.15) is 4.31 Å². The molecule has 0 radical (unpaired) electrons. The summed E-state index contributed by atoms with van der Waals surface area (Å²) >= 11 is 5.94. The Morgan fingerprint density at radius 1 is 0.935 bits per heavy atom. The molecule has 0 bridgehead atoms. The van der Waals surface area contributed by atoms with Gasteiger partial charge in [0, 0.05) is 11.1 Å². The number of benzene rings is 2. The first-order valence-electron chi connectivity index (χ1n) is 10.5. The number of hydrogen-bond acceptors (Lipinski definition) is 4. The number of rotatable bonds is 5. The van der Waals surface area contributed by atoms with Crippen LogP contribution in [-0.4, -0.2) is 36.6 Å². The van der Waals surface area contributed by atoms with Crippen molar-refractivity contribution in [1.82, 2.24) is 4.31 Å². The van der Waals surface area contributed by atoms with E-state index in [0.717, 1.165) is 29.7 Å². The van der Waals surface area contributed by atoms with Gasteiger partial charge in [0.1, 0.15) is 6.04 Å². The zero-order valence-electron chi connectivity index (χ0n) is 17.3. The van der Waals surface area contributed by atoms with Crippen molar-refractivity contribution in [3.05, 3.63) is 59.1 Å². The van der Waals surface area contributed by atoms with Crippen molar-refractivity contribution in [1.29, 1.82) is 0 Å². The number of anilines is 1. The van der Waals surface area contributed by atoms with Gasteiger partial charge >= 0.3 is 0 Å². The molecule has 1 saturated heterocycles. The maximum Gasteiger partial charge on any atom is 0.252 e. The monoisotopic (exact) mass is 460 g/mol. The second-order valence-electron chi connectivity index (χ2n) is 8.20. The summed E-state index contributed by atoms with van der Waals surface area (Å²) in [5.74, 6) is -0.872. The van der Waals surface area contributed by atoms with Crippen molar-refractivity contribution in [2.24, 2.45) is 0 Å². The molecule has 2 aromatic rings. The molecule has 4 rings (SSSR count). The first-order valence-corrected chi connectivity index (χ1v) is 12.3. The molecular formula is C23H25ClN2O4S. The average Bonchev–Trinajstić information content (AvgIpc) is 3.03. The van der Waals surface area contributed by atoms with Gasteiger partial charge in [0.25, 0.3) is 5.91 Å². The van der Waals surface area contributed by atoms with Gasteiger partial charge in [0.2, 0.25) is 15.9 Å². The topological polar surface area (TPSA) is 74.8 Å². The summed E-state index contributed by atoms with van der Waals surface area (Å²) in [5, 5.41) is 0.431. The van der Waals surface area contributed by atoms with E-state index in [4.69, 9.17) is 11.6 Å². The maximum atomic E-state index is 13.7. The third-order valence-corrected chi connectivity index (χ3v) is 8.27. The Labute approximate surface area is 187 Å². The third-order valence-electron chi connectivity index (χ3n) is 6.05. The highest BCUT2D eigenvalue weighted by atomic mass is 35.5. The lowest BCUT2D eigenvalue weighted by Crippen LogP contribution is -2.51. The molecule has 1 unspecified atom stereocenters. The van der Waals surface area contributed by atoms with Crippen molar-refractivity contribution in [2.45, 2.75) is 62.4 Å². The number of sulfonamides is 1. The molecule has 2 amide bonds. The lowest BCUT2D eigenvalue weighted by molar-refractivity contribution is -0.122. The zero-order valence-corrected chi connectivity index (χ0v) is 18.9. The van der Waals surface area contributed by atoms with E-state index in [2.05, 4.69) is 0 Å². The van der Waals surface area contributed by atoms with Crippen LogP contribution in [0.4, 0.5) is 5.69 Å². The minimum Gasteiger partial charge on any atom is -0.274 e.